The second kappa shape index (κ2) is 6.81. The number of hydrogen-bond acceptors (Lipinski definition) is 4. The number of nitrogens with one attached hydrogen (secondary N) is 1. The fraction of sp³-hybridized carbons (Fsp3) is 0.200. The molecule has 1 heterocycles. The normalized spacial score (nSPS) is 10.2. The Morgan fingerprint density at radius 2 is 2.19 bits per heavy atom. The van der Waals surface area contributed by atoms with Gasteiger partial charge in [0, 0.05) is 17.9 Å². The van der Waals surface area contributed by atoms with Crippen molar-refractivity contribution in [3.8, 4) is 5.75 Å². The van der Waals surface area contributed by atoms with Gasteiger partial charge < -0.3 is 15.8 Å². The molecule has 0 aliphatic heterocycles. The molecule has 0 aliphatic carbocycles. The fourth-order valence-electron chi connectivity index (χ4n) is 1.78. The van der Waals surface area contributed by atoms with Crippen LogP contribution in [-0.4, -0.2) is 17.5 Å². The highest BCUT2D eigenvalue weighted by molar-refractivity contribution is 5.91. The van der Waals surface area contributed by atoms with Gasteiger partial charge in [-0.15, -0.1) is 0 Å². The Morgan fingerprint density at radius 3 is 2.90 bits per heavy atom. The van der Waals surface area contributed by atoms with Crippen molar-refractivity contribution in [2.24, 2.45) is 5.73 Å². The van der Waals surface area contributed by atoms with Crippen LogP contribution >= 0.6 is 0 Å². The molecule has 0 radical (unpaired) electrons. The molecular formula is C15H16FN3O2. The molecule has 0 unspecified atom stereocenters. The molecule has 2 rings (SSSR count). The standard InChI is InChI=1S/C15H16FN3O2/c1-10-5-6-14(13(8-17)18-10)21-9-15(20)19-12-4-2-3-11(16)7-12/h2-7H,8-9,17H2,1H3,(H,19,20). The number of halogens is 1. The first-order valence-electron chi connectivity index (χ1n) is 6.43. The van der Waals surface area contributed by atoms with Gasteiger partial charge in [0.25, 0.3) is 5.91 Å². The largest absolute Gasteiger partial charge is 0.482 e. The zero-order valence-corrected chi connectivity index (χ0v) is 11.6. The number of carbonyl (C=O) groups excluding carboxylic acids is 1. The maximum absolute atomic E-state index is 13.0. The van der Waals surface area contributed by atoms with Crippen LogP contribution in [0.15, 0.2) is 36.4 Å². The van der Waals surface area contributed by atoms with Crippen molar-refractivity contribution in [1.82, 2.24) is 4.98 Å². The van der Waals surface area contributed by atoms with Crippen LogP contribution in [0.3, 0.4) is 0 Å². The highest BCUT2D eigenvalue weighted by Crippen LogP contribution is 2.16. The van der Waals surface area contributed by atoms with Crippen LogP contribution in [-0.2, 0) is 11.3 Å². The summed E-state index contributed by atoms with van der Waals surface area (Å²) < 4.78 is 18.4. The van der Waals surface area contributed by atoms with Gasteiger partial charge in [-0.1, -0.05) is 6.07 Å². The third kappa shape index (κ3) is 4.25. The quantitative estimate of drug-likeness (QED) is 0.882. The monoisotopic (exact) mass is 289 g/mol. The third-order valence-corrected chi connectivity index (χ3v) is 2.73. The molecule has 5 nitrogen and oxygen atoms in total. The summed E-state index contributed by atoms with van der Waals surface area (Å²) in [5.74, 6) is -0.330. The Morgan fingerprint density at radius 1 is 1.38 bits per heavy atom. The fourth-order valence-corrected chi connectivity index (χ4v) is 1.78. The maximum Gasteiger partial charge on any atom is 0.262 e. The molecule has 0 bridgehead atoms. The van der Waals surface area contributed by atoms with Gasteiger partial charge in [0.2, 0.25) is 0 Å². The number of aromatic nitrogens is 1. The van der Waals surface area contributed by atoms with Crippen LogP contribution in [0.4, 0.5) is 10.1 Å². The number of nitrogens with zero attached hydrogens (tertiary/aromatic N) is 1. The lowest BCUT2D eigenvalue weighted by atomic mass is 10.3. The smallest absolute Gasteiger partial charge is 0.262 e. The number of nitrogens with two attached hydrogens (primary N) is 1. The molecule has 0 saturated heterocycles. The Kier molecular flexibility index (Phi) is 4.84. The molecule has 0 saturated carbocycles. The Balaban J connectivity index is 1.95. The van der Waals surface area contributed by atoms with E-state index >= 15 is 0 Å². The summed E-state index contributed by atoms with van der Waals surface area (Å²) in [5, 5.41) is 2.55. The number of hydrogen-bond donors (Lipinski definition) is 2. The molecule has 1 aromatic carbocycles. The van der Waals surface area contributed by atoms with Crippen LogP contribution in [0.2, 0.25) is 0 Å². The van der Waals surface area contributed by atoms with Crippen LogP contribution in [0.1, 0.15) is 11.4 Å². The number of ether oxygens (including phenoxy) is 1. The van der Waals surface area contributed by atoms with E-state index < -0.39 is 5.82 Å². The second-order valence-corrected chi connectivity index (χ2v) is 4.45. The molecule has 0 fully saturated rings. The highest BCUT2D eigenvalue weighted by atomic mass is 19.1. The van der Waals surface area contributed by atoms with E-state index in [2.05, 4.69) is 10.3 Å². The Labute approximate surface area is 121 Å². The highest BCUT2D eigenvalue weighted by Gasteiger charge is 2.08. The Bertz CT molecular complexity index is 647. The van der Waals surface area contributed by atoms with Gasteiger partial charge in [0.05, 0.1) is 5.69 Å². The summed E-state index contributed by atoms with van der Waals surface area (Å²) >= 11 is 0. The minimum Gasteiger partial charge on any atom is -0.482 e. The van der Waals surface area contributed by atoms with Crippen molar-refractivity contribution in [2.45, 2.75) is 13.5 Å². The maximum atomic E-state index is 13.0. The third-order valence-electron chi connectivity index (χ3n) is 2.73. The number of aryl methyl sites for hydroxylation is 1. The number of benzene rings is 1. The van der Waals surface area contributed by atoms with E-state index in [0.717, 1.165) is 5.69 Å². The van der Waals surface area contributed by atoms with E-state index in [1.54, 1.807) is 18.2 Å². The van der Waals surface area contributed by atoms with E-state index in [0.29, 0.717) is 17.1 Å². The zero-order chi connectivity index (χ0) is 15.2. The zero-order valence-electron chi connectivity index (χ0n) is 11.6. The van der Waals surface area contributed by atoms with Crippen molar-refractivity contribution in [3.63, 3.8) is 0 Å². The second-order valence-electron chi connectivity index (χ2n) is 4.45. The molecule has 110 valence electrons. The lowest BCUT2D eigenvalue weighted by Gasteiger charge is -2.10. The molecule has 0 atom stereocenters. The Hall–Kier alpha value is -2.47. The first kappa shape index (κ1) is 14.9. The summed E-state index contributed by atoms with van der Waals surface area (Å²) in [6.45, 7) is 1.87. The summed E-state index contributed by atoms with van der Waals surface area (Å²) in [7, 11) is 0. The van der Waals surface area contributed by atoms with Crippen LogP contribution < -0.4 is 15.8 Å². The topological polar surface area (TPSA) is 77.2 Å². The predicted molar refractivity (Wildman–Crippen MR) is 77.4 cm³/mol. The van der Waals surface area contributed by atoms with Crippen molar-refractivity contribution < 1.29 is 13.9 Å². The van der Waals surface area contributed by atoms with Gasteiger partial charge in [0.1, 0.15) is 11.6 Å². The van der Waals surface area contributed by atoms with Gasteiger partial charge in [-0.2, -0.15) is 0 Å². The number of rotatable bonds is 5. The van der Waals surface area contributed by atoms with Crippen molar-refractivity contribution in [2.75, 3.05) is 11.9 Å². The van der Waals surface area contributed by atoms with Crippen molar-refractivity contribution in [1.29, 1.82) is 0 Å². The van der Waals surface area contributed by atoms with Crippen LogP contribution in [0.25, 0.3) is 0 Å². The van der Waals surface area contributed by atoms with Gasteiger partial charge in [-0.05, 0) is 37.3 Å². The molecule has 21 heavy (non-hydrogen) atoms. The van der Waals surface area contributed by atoms with Crippen molar-refractivity contribution in [3.05, 3.63) is 53.6 Å². The van der Waals surface area contributed by atoms with E-state index in [9.17, 15) is 9.18 Å². The number of pyridine rings is 1. The summed E-state index contributed by atoms with van der Waals surface area (Å²) in [6.07, 6.45) is 0. The molecule has 3 N–H and O–H groups in total. The van der Waals surface area contributed by atoms with E-state index in [4.69, 9.17) is 10.5 Å². The predicted octanol–water partition coefficient (Wildman–Crippen LogP) is 2.01. The molecular weight excluding hydrogens is 273 g/mol. The van der Waals surface area contributed by atoms with E-state index in [-0.39, 0.29) is 19.1 Å². The molecule has 6 heteroatoms. The minimum absolute atomic E-state index is 0.200. The van der Waals surface area contributed by atoms with Gasteiger partial charge in [0.15, 0.2) is 6.61 Å². The van der Waals surface area contributed by atoms with E-state index in [1.165, 1.54) is 18.2 Å². The van der Waals surface area contributed by atoms with E-state index in [1.807, 2.05) is 6.92 Å². The van der Waals surface area contributed by atoms with Gasteiger partial charge in [-0.25, -0.2) is 4.39 Å². The van der Waals surface area contributed by atoms with Gasteiger partial charge >= 0.3 is 0 Å². The average molecular weight is 289 g/mol. The van der Waals surface area contributed by atoms with Crippen LogP contribution in [0, 0.1) is 12.7 Å². The van der Waals surface area contributed by atoms with Gasteiger partial charge in [-0.3, -0.25) is 9.78 Å². The average Bonchev–Trinajstić information content (AvgIpc) is 2.45. The minimum atomic E-state index is -0.415. The number of carbonyl (C=O) groups is 1. The molecule has 2 aromatic rings. The number of amides is 1. The molecule has 1 aromatic heterocycles. The molecule has 1 amide bonds. The number of anilines is 1. The first-order valence-corrected chi connectivity index (χ1v) is 6.43. The first-order chi connectivity index (χ1) is 10.1. The molecule has 0 aliphatic rings. The summed E-state index contributed by atoms with van der Waals surface area (Å²) in [5.41, 5.74) is 7.38. The summed E-state index contributed by atoms with van der Waals surface area (Å²) in [4.78, 5) is 16.0. The van der Waals surface area contributed by atoms with Crippen LogP contribution in [0.5, 0.6) is 5.75 Å². The van der Waals surface area contributed by atoms with Crippen molar-refractivity contribution >= 4 is 11.6 Å². The lowest BCUT2D eigenvalue weighted by Crippen LogP contribution is -2.21. The summed E-state index contributed by atoms with van der Waals surface area (Å²) in [6, 6.07) is 9.15. The molecule has 0 spiro atoms. The SMILES string of the molecule is Cc1ccc(OCC(=O)Nc2cccc(F)c2)c(CN)n1. The lowest BCUT2D eigenvalue weighted by molar-refractivity contribution is -0.118.